The van der Waals surface area contributed by atoms with E-state index in [0.717, 1.165) is 17.8 Å². The first-order valence-corrected chi connectivity index (χ1v) is 7.37. The molecule has 0 radical (unpaired) electrons. The van der Waals surface area contributed by atoms with Crippen molar-refractivity contribution in [2.75, 3.05) is 19.6 Å². The van der Waals surface area contributed by atoms with Gasteiger partial charge in [-0.25, -0.2) is 0 Å². The first kappa shape index (κ1) is 13.4. The minimum atomic E-state index is 0.460. The lowest BCUT2D eigenvalue weighted by Crippen LogP contribution is -2.32. The van der Waals surface area contributed by atoms with Crippen LogP contribution in [-0.4, -0.2) is 24.5 Å². The van der Waals surface area contributed by atoms with E-state index in [9.17, 15) is 0 Å². The smallest absolute Gasteiger partial charge is 0.00303 e. The van der Waals surface area contributed by atoms with Gasteiger partial charge in [0, 0.05) is 19.6 Å². The molecule has 0 bridgehead atoms. The van der Waals surface area contributed by atoms with Gasteiger partial charge in [0.1, 0.15) is 0 Å². The molecule has 1 heteroatoms. The normalized spacial score (nSPS) is 35.3. The fourth-order valence-corrected chi connectivity index (χ4v) is 3.90. The molecule has 2 fully saturated rings. The van der Waals surface area contributed by atoms with E-state index in [1.54, 1.807) is 0 Å². The molecule has 0 aromatic heterocycles. The van der Waals surface area contributed by atoms with Crippen molar-refractivity contribution in [3.05, 3.63) is 0 Å². The van der Waals surface area contributed by atoms with E-state index < -0.39 is 0 Å². The fraction of sp³-hybridized carbons (Fsp3) is 1.00. The molecule has 1 saturated carbocycles. The lowest BCUT2D eigenvalue weighted by Gasteiger charge is -2.30. The summed E-state index contributed by atoms with van der Waals surface area (Å²) in [5, 5.41) is 0. The maximum absolute atomic E-state index is 2.72. The average molecular weight is 237 g/mol. The van der Waals surface area contributed by atoms with Crippen LogP contribution in [0.2, 0.25) is 0 Å². The van der Waals surface area contributed by atoms with Gasteiger partial charge >= 0.3 is 0 Å². The Morgan fingerprint density at radius 3 is 1.71 bits per heavy atom. The number of nitrogens with zero attached hydrogens (tertiary/aromatic N) is 1. The van der Waals surface area contributed by atoms with Crippen LogP contribution in [0.3, 0.4) is 0 Å². The van der Waals surface area contributed by atoms with Crippen LogP contribution in [0.15, 0.2) is 0 Å². The predicted molar refractivity (Wildman–Crippen MR) is 75.1 cm³/mol. The van der Waals surface area contributed by atoms with Crippen LogP contribution < -0.4 is 0 Å². The molecule has 2 unspecified atom stereocenters. The molecule has 1 nitrogen and oxygen atoms in total. The SMILES string of the molecule is CC(C)(C)CN1CC2CC(C(C)(C)C)CC2C1. The largest absolute Gasteiger partial charge is 0.302 e. The second-order valence-corrected chi connectivity index (χ2v) is 8.81. The van der Waals surface area contributed by atoms with Crippen LogP contribution >= 0.6 is 0 Å². The van der Waals surface area contributed by atoms with Crippen molar-refractivity contribution in [1.82, 2.24) is 4.90 Å². The topological polar surface area (TPSA) is 3.24 Å². The van der Waals surface area contributed by atoms with Crippen LogP contribution in [0.4, 0.5) is 0 Å². The highest BCUT2D eigenvalue weighted by Gasteiger charge is 2.44. The molecule has 1 heterocycles. The third kappa shape index (κ3) is 3.24. The van der Waals surface area contributed by atoms with Crippen molar-refractivity contribution >= 4 is 0 Å². The Kier molecular flexibility index (Phi) is 3.36. The summed E-state index contributed by atoms with van der Waals surface area (Å²) in [4.78, 5) is 2.72. The maximum Gasteiger partial charge on any atom is 0.00303 e. The zero-order valence-corrected chi connectivity index (χ0v) is 12.7. The van der Waals surface area contributed by atoms with Gasteiger partial charge in [-0.1, -0.05) is 41.5 Å². The van der Waals surface area contributed by atoms with E-state index in [0.29, 0.717) is 10.8 Å². The highest BCUT2D eigenvalue weighted by Crippen LogP contribution is 2.48. The molecule has 2 atom stereocenters. The zero-order valence-electron chi connectivity index (χ0n) is 12.7. The van der Waals surface area contributed by atoms with Crippen LogP contribution in [0.5, 0.6) is 0 Å². The Hall–Kier alpha value is -0.0400. The molecular formula is C16H31N. The van der Waals surface area contributed by atoms with Crippen LogP contribution in [0, 0.1) is 28.6 Å². The van der Waals surface area contributed by atoms with Crippen LogP contribution in [-0.2, 0) is 0 Å². The zero-order chi connectivity index (χ0) is 12.8. The Morgan fingerprint density at radius 2 is 1.35 bits per heavy atom. The summed E-state index contributed by atoms with van der Waals surface area (Å²) in [5.41, 5.74) is 0.987. The molecule has 1 saturated heterocycles. The van der Waals surface area contributed by atoms with Gasteiger partial charge in [0.25, 0.3) is 0 Å². The third-order valence-corrected chi connectivity index (χ3v) is 4.75. The average Bonchev–Trinajstić information content (AvgIpc) is 2.55. The Balaban J connectivity index is 1.88. The van der Waals surface area contributed by atoms with E-state index in [2.05, 4.69) is 46.4 Å². The highest BCUT2D eigenvalue weighted by atomic mass is 15.2. The summed E-state index contributed by atoms with van der Waals surface area (Å²) >= 11 is 0. The van der Waals surface area contributed by atoms with E-state index >= 15 is 0 Å². The molecule has 0 spiro atoms. The molecule has 0 aromatic carbocycles. The minimum Gasteiger partial charge on any atom is -0.302 e. The van der Waals surface area contributed by atoms with E-state index in [1.807, 2.05) is 0 Å². The quantitative estimate of drug-likeness (QED) is 0.665. The van der Waals surface area contributed by atoms with Gasteiger partial charge in [-0.3, -0.25) is 0 Å². The number of hydrogen-bond acceptors (Lipinski definition) is 1. The van der Waals surface area contributed by atoms with Gasteiger partial charge < -0.3 is 4.90 Å². The molecule has 17 heavy (non-hydrogen) atoms. The van der Waals surface area contributed by atoms with Gasteiger partial charge in [-0.05, 0) is 41.4 Å². The lowest BCUT2D eigenvalue weighted by atomic mass is 9.79. The van der Waals surface area contributed by atoms with Crippen LogP contribution in [0.25, 0.3) is 0 Å². The van der Waals surface area contributed by atoms with Crippen molar-refractivity contribution in [2.24, 2.45) is 28.6 Å². The molecule has 0 N–H and O–H groups in total. The Morgan fingerprint density at radius 1 is 0.882 bits per heavy atom. The van der Waals surface area contributed by atoms with E-state index in [1.165, 1.54) is 32.5 Å². The first-order chi connectivity index (χ1) is 7.65. The van der Waals surface area contributed by atoms with Crippen molar-refractivity contribution in [2.45, 2.75) is 54.4 Å². The second-order valence-electron chi connectivity index (χ2n) is 8.81. The lowest BCUT2D eigenvalue weighted by molar-refractivity contribution is 0.184. The molecule has 0 amide bonds. The molecule has 2 aliphatic rings. The number of fused-ring (bicyclic) bond motifs is 1. The van der Waals surface area contributed by atoms with Gasteiger partial charge in [-0.2, -0.15) is 0 Å². The molecule has 2 rings (SSSR count). The van der Waals surface area contributed by atoms with Crippen LogP contribution in [0.1, 0.15) is 54.4 Å². The predicted octanol–water partition coefficient (Wildman–Crippen LogP) is 4.04. The molecule has 100 valence electrons. The highest BCUT2D eigenvalue weighted by molar-refractivity contribution is 4.95. The number of hydrogen-bond donors (Lipinski definition) is 0. The molecule has 1 aliphatic heterocycles. The Labute approximate surface area is 108 Å². The summed E-state index contributed by atoms with van der Waals surface area (Å²) in [6.07, 6.45) is 2.96. The minimum absolute atomic E-state index is 0.460. The van der Waals surface area contributed by atoms with E-state index in [-0.39, 0.29) is 0 Å². The number of rotatable bonds is 1. The molecular weight excluding hydrogens is 206 g/mol. The molecule has 1 aliphatic carbocycles. The maximum atomic E-state index is 2.72. The first-order valence-electron chi connectivity index (χ1n) is 7.37. The summed E-state index contributed by atoms with van der Waals surface area (Å²) in [5.74, 6) is 2.97. The van der Waals surface area contributed by atoms with Gasteiger partial charge in [-0.15, -0.1) is 0 Å². The van der Waals surface area contributed by atoms with E-state index in [4.69, 9.17) is 0 Å². The Bertz CT molecular complexity index is 254. The third-order valence-electron chi connectivity index (χ3n) is 4.75. The molecule has 0 aromatic rings. The summed E-state index contributed by atoms with van der Waals surface area (Å²) in [7, 11) is 0. The van der Waals surface area contributed by atoms with Crippen molar-refractivity contribution in [3.63, 3.8) is 0 Å². The van der Waals surface area contributed by atoms with Crippen molar-refractivity contribution in [1.29, 1.82) is 0 Å². The fourth-order valence-electron chi connectivity index (χ4n) is 3.90. The summed E-state index contributed by atoms with van der Waals surface area (Å²) < 4.78 is 0. The van der Waals surface area contributed by atoms with Crippen molar-refractivity contribution in [3.8, 4) is 0 Å². The standard InChI is InChI=1S/C16H31N/c1-15(2,3)11-17-9-12-7-14(16(4,5)6)8-13(12)10-17/h12-14H,7-11H2,1-6H3. The second kappa shape index (κ2) is 4.26. The number of likely N-dealkylation sites (tertiary alicyclic amines) is 1. The van der Waals surface area contributed by atoms with Gasteiger partial charge in [0.2, 0.25) is 0 Å². The monoisotopic (exact) mass is 237 g/mol. The summed E-state index contributed by atoms with van der Waals surface area (Å²) in [6, 6.07) is 0. The summed E-state index contributed by atoms with van der Waals surface area (Å²) in [6.45, 7) is 18.4. The van der Waals surface area contributed by atoms with Gasteiger partial charge in [0.05, 0.1) is 0 Å². The van der Waals surface area contributed by atoms with Crippen molar-refractivity contribution < 1.29 is 0 Å². The van der Waals surface area contributed by atoms with Gasteiger partial charge in [0.15, 0.2) is 0 Å².